The molecule has 0 spiro atoms. The van der Waals surface area contributed by atoms with Crippen LogP contribution in [0.25, 0.3) is 0 Å². The molecule has 0 radical (unpaired) electrons. The van der Waals surface area contributed by atoms with E-state index in [2.05, 4.69) is 10.6 Å². The molecule has 1 unspecified atom stereocenters. The highest BCUT2D eigenvalue weighted by Gasteiger charge is 2.35. The Morgan fingerprint density at radius 3 is 2.77 bits per heavy atom. The lowest BCUT2D eigenvalue weighted by atomic mass is 9.98. The van der Waals surface area contributed by atoms with Crippen LogP contribution >= 0.6 is 0 Å². The predicted molar refractivity (Wildman–Crippen MR) is 76.5 cm³/mol. The number of halogens is 3. The number of hydrogen-bond acceptors (Lipinski definition) is 4. The summed E-state index contributed by atoms with van der Waals surface area (Å²) < 4.78 is 43.5. The Labute approximate surface area is 127 Å². The molecule has 2 N–H and O–H groups in total. The average Bonchev–Trinajstić information content (AvgIpc) is 2.93. The van der Waals surface area contributed by atoms with Crippen LogP contribution in [0.5, 0.6) is 0 Å². The second kappa shape index (κ2) is 6.55. The summed E-state index contributed by atoms with van der Waals surface area (Å²) in [5.74, 6) is 0. The van der Waals surface area contributed by atoms with Gasteiger partial charge >= 0.3 is 6.18 Å². The van der Waals surface area contributed by atoms with Crippen LogP contribution in [0.2, 0.25) is 0 Å². The molecule has 1 aromatic carbocycles. The zero-order chi connectivity index (χ0) is 16.2. The maximum Gasteiger partial charge on any atom is 0.417 e. The van der Waals surface area contributed by atoms with Gasteiger partial charge in [0.05, 0.1) is 29.3 Å². The Hall–Kier alpha value is -1.78. The molecule has 4 nitrogen and oxygen atoms in total. The maximum atomic E-state index is 12.8. The van der Waals surface area contributed by atoms with Crippen LogP contribution in [0.3, 0.4) is 0 Å². The predicted octanol–water partition coefficient (Wildman–Crippen LogP) is 2.76. The van der Waals surface area contributed by atoms with Gasteiger partial charge in [0, 0.05) is 19.3 Å². The molecule has 0 aromatic heterocycles. The van der Waals surface area contributed by atoms with Crippen LogP contribution in [0, 0.1) is 11.3 Å². The molecule has 1 aliphatic rings. The Kier molecular flexibility index (Phi) is 4.94. The van der Waals surface area contributed by atoms with Crippen molar-refractivity contribution < 1.29 is 17.9 Å². The second-order valence-electron chi connectivity index (χ2n) is 5.47. The summed E-state index contributed by atoms with van der Waals surface area (Å²) in [5.41, 5.74) is -1.01. The lowest BCUT2D eigenvalue weighted by Crippen LogP contribution is -2.49. The van der Waals surface area contributed by atoms with E-state index in [1.165, 1.54) is 12.1 Å². The number of rotatable bonds is 5. The molecule has 7 heteroatoms. The highest BCUT2D eigenvalue weighted by molar-refractivity contribution is 5.53. The van der Waals surface area contributed by atoms with E-state index in [-0.39, 0.29) is 11.1 Å². The summed E-state index contributed by atoms with van der Waals surface area (Å²) in [7, 11) is 1.62. The molecule has 0 saturated carbocycles. The molecule has 120 valence electrons. The van der Waals surface area contributed by atoms with Crippen LogP contribution in [0.1, 0.15) is 24.0 Å². The Balaban J connectivity index is 2.12. The Morgan fingerprint density at radius 1 is 1.45 bits per heavy atom. The van der Waals surface area contributed by atoms with Crippen LogP contribution < -0.4 is 10.6 Å². The van der Waals surface area contributed by atoms with Gasteiger partial charge in [-0.25, -0.2) is 0 Å². The van der Waals surface area contributed by atoms with Crippen molar-refractivity contribution in [2.75, 3.05) is 32.1 Å². The fourth-order valence-corrected chi connectivity index (χ4v) is 2.74. The SMILES string of the molecule is COCC1(CNc2ccc(C(F)(F)F)c(C#N)c2)CCCN1. The Morgan fingerprint density at radius 2 is 2.23 bits per heavy atom. The number of methoxy groups -OCH3 is 1. The van der Waals surface area contributed by atoms with Crippen molar-refractivity contribution in [1.29, 1.82) is 5.26 Å². The van der Waals surface area contributed by atoms with E-state index in [0.717, 1.165) is 25.5 Å². The maximum absolute atomic E-state index is 12.8. The van der Waals surface area contributed by atoms with Gasteiger partial charge in [-0.1, -0.05) is 0 Å². The van der Waals surface area contributed by atoms with Gasteiger partial charge in [-0.05, 0) is 37.6 Å². The topological polar surface area (TPSA) is 57.1 Å². The number of ether oxygens (including phenoxy) is 1. The first-order chi connectivity index (χ1) is 10.4. The number of nitrogens with one attached hydrogen (secondary N) is 2. The van der Waals surface area contributed by atoms with Gasteiger partial charge in [-0.2, -0.15) is 18.4 Å². The molecule has 0 bridgehead atoms. The summed E-state index contributed by atoms with van der Waals surface area (Å²) in [6.07, 6.45) is -2.56. The van der Waals surface area contributed by atoms with Crippen LogP contribution in [-0.4, -0.2) is 32.3 Å². The van der Waals surface area contributed by atoms with Gasteiger partial charge in [-0.3, -0.25) is 0 Å². The zero-order valence-corrected chi connectivity index (χ0v) is 12.3. The second-order valence-corrected chi connectivity index (χ2v) is 5.47. The smallest absolute Gasteiger partial charge is 0.383 e. The van der Waals surface area contributed by atoms with Crippen molar-refractivity contribution in [3.63, 3.8) is 0 Å². The summed E-state index contributed by atoms with van der Waals surface area (Å²) in [5, 5.41) is 15.4. The number of nitrogens with zero attached hydrogens (tertiary/aromatic N) is 1. The van der Waals surface area contributed by atoms with Gasteiger partial charge < -0.3 is 15.4 Å². The van der Waals surface area contributed by atoms with Crippen molar-refractivity contribution in [3.05, 3.63) is 29.3 Å². The van der Waals surface area contributed by atoms with Crippen LogP contribution in [0.15, 0.2) is 18.2 Å². The quantitative estimate of drug-likeness (QED) is 0.877. The third-order valence-corrected chi connectivity index (χ3v) is 3.83. The van der Waals surface area contributed by atoms with E-state index < -0.39 is 11.7 Å². The summed E-state index contributed by atoms with van der Waals surface area (Å²) in [4.78, 5) is 0. The molecule has 1 aliphatic heterocycles. The monoisotopic (exact) mass is 313 g/mol. The molecule has 22 heavy (non-hydrogen) atoms. The molecule has 1 fully saturated rings. The minimum Gasteiger partial charge on any atom is -0.383 e. The van der Waals surface area contributed by atoms with Gasteiger partial charge in [0.1, 0.15) is 0 Å². The normalized spacial score (nSPS) is 21.6. The fraction of sp³-hybridized carbons (Fsp3) is 0.533. The number of hydrogen-bond donors (Lipinski definition) is 2. The van der Waals surface area contributed by atoms with Gasteiger partial charge in [0.25, 0.3) is 0 Å². The van der Waals surface area contributed by atoms with Crippen LogP contribution in [-0.2, 0) is 10.9 Å². The van der Waals surface area contributed by atoms with Gasteiger partial charge in [-0.15, -0.1) is 0 Å². The van der Waals surface area contributed by atoms with Crippen LogP contribution in [0.4, 0.5) is 18.9 Å². The molecule has 1 aromatic rings. The van der Waals surface area contributed by atoms with Crippen molar-refractivity contribution in [2.45, 2.75) is 24.6 Å². The molecular formula is C15H18F3N3O. The molecule has 0 amide bonds. The van der Waals surface area contributed by atoms with Crippen molar-refractivity contribution in [3.8, 4) is 6.07 Å². The molecule has 0 aliphatic carbocycles. The highest BCUT2D eigenvalue weighted by atomic mass is 19.4. The Bertz CT molecular complexity index is 560. The molecule has 1 saturated heterocycles. The largest absolute Gasteiger partial charge is 0.417 e. The number of benzene rings is 1. The molecule has 2 rings (SSSR count). The molecule has 1 heterocycles. The minimum atomic E-state index is -4.52. The summed E-state index contributed by atoms with van der Waals surface area (Å²) in [6, 6.07) is 5.12. The number of anilines is 1. The standard InChI is InChI=1S/C15H18F3N3O/c1-22-10-14(5-2-6-21-14)9-20-12-3-4-13(15(16,17)18)11(7-12)8-19/h3-4,7,20-21H,2,5-6,9-10H2,1H3. The lowest BCUT2D eigenvalue weighted by Gasteiger charge is -2.29. The first-order valence-corrected chi connectivity index (χ1v) is 6.99. The third-order valence-electron chi connectivity index (χ3n) is 3.83. The first-order valence-electron chi connectivity index (χ1n) is 6.99. The van der Waals surface area contributed by atoms with Crippen molar-refractivity contribution in [2.24, 2.45) is 0 Å². The summed E-state index contributed by atoms with van der Waals surface area (Å²) in [6.45, 7) is 1.93. The van der Waals surface area contributed by atoms with E-state index in [0.29, 0.717) is 18.8 Å². The number of nitriles is 1. The summed E-state index contributed by atoms with van der Waals surface area (Å²) >= 11 is 0. The van der Waals surface area contributed by atoms with Gasteiger partial charge in [0.2, 0.25) is 0 Å². The van der Waals surface area contributed by atoms with Crippen molar-refractivity contribution in [1.82, 2.24) is 5.32 Å². The molecule has 1 atom stereocenters. The highest BCUT2D eigenvalue weighted by Crippen LogP contribution is 2.33. The van der Waals surface area contributed by atoms with E-state index in [1.54, 1.807) is 13.2 Å². The van der Waals surface area contributed by atoms with E-state index in [4.69, 9.17) is 10.00 Å². The van der Waals surface area contributed by atoms with E-state index in [1.807, 2.05) is 0 Å². The lowest BCUT2D eigenvalue weighted by molar-refractivity contribution is -0.137. The average molecular weight is 313 g/mol. The van der Waals surface area contributed by atoms with Crippen molar-refractivity contribution >= 4 is 5.69 Å². The molecular weight excluding hydrogens is 295 g/mol. The van der Waals surface area contributed by atoms with E-state index in [9.17, 15) is 13.2 Å². The minimum absolute atomic E-state index is 0.218. The van der Waals surface area contributed by atoms with E-state index >= 15 is 0 Å². The number of alkyl halides is 3. The zero-order valence-electron chi connectivity index (χ0n) is 12.3. The van der Waals surface area contributed by atoms with Gasteiger partial charge in [0.15, 0.2) is 0 Å². The fourth-order valence-electron chi connectivity index (χ4n) is 2.74. The third kappa shape index (κ3) is 3.70. The first kappa shape index (κ1) is 16.6.